The van der Waals surface area contributed by atoms with Crippen LogP contribution in [0.15, 0.2) is 23.3 Å². The maximum Gasteiger partial charge on any atom is 0.191 e. The van der Waals surface area contributed by atoms with Gasteiger partial charge in [0.2, 0.25) is 0 Å². The molecule has 0 aliphatic carbocycles. The highest BCUT2D eigenvalue weighted by Crippen LogP contribution is 2.15. The van der Waals surface area contributed by atoms with Gasteiger partial charge in [0.25, 0.3) is 0 Å². The second-order valence-corrected chi connectivity index (χ2v) is 6.98. The number of hydrogen-bond acceptors (Lipinski definition) is 4. The van der Waals surface area contributed by atoms with E-state index >= 15 is 0 Å². The Bertz CT molecular complexity index is 534. The predicted molar refractivity (Wildman–Crippen MR) is 106 cm³/mol. The van der Waals surface area contributed by atoms with E-state index in [1.807, 2.05) is 13.2 Å². The van der Waals surface area contributed by atoms with Gasteiger partial charge in [0.05, 0.1) is 0 Å². The number of pyridine rings is 1. The number of nitrogens with one attached hydrogen (secondary N) is 2. The zero-order valence-corrected chi connectivity index (χ0v) is 16.3. The van der Waals surface area contributed by atoms with Crippen LogP contribution in [0.1, 0.15) is 32.8 Å². The molecule has 6 nitrogen and oxygen atoms in total. The van der Waals surface area contributed by atoms with E-state index in [0.717, 1.165) is 64.0 Å². The van der Waals surface area contributed by atoms with Gasteiger partial charge in [-0.3, -0.25) is 4.99 Å². The number of anilines is 1. The van der Waals surface area contributed by atoms with Crippen molar-refractivity contribution in [3.63, 3.8) is 0 Å². The second-order valence-electron chi connectivity index (χ2n) is 6.98. The van der Waals surface area contributed by atoms with Gasteiger partial charge in [-0.1, -0.05) is 20.8 Å². The molecule has 0 amide bonds. The van der Waals surface area contributed by atoms with Crippen molar-refractivity contribution in [1.82, 2.24) is 20.5 Å². The molecule has 2 N–H and O–H groups in total. The molecule has 0 bridgehead atoms. The summed E-state index contributed by atoms with van der Waals surface area (Å²) in [5.41, 5.74) is 1.23. The average Bonchev–Trinajstić information content (AvgIpc) is 2.64. The normalized spacial score (nSPS) is 16.4. The molecule has 1 fully saturated rings. The first-order valence-electron chi connectivity index (χ1n) is 9.49. The van der Waals surface area contributed by atoms with E-state index in [4.69, 9.17) is 0 Å². The average molecular weight is 347 g/mol. The fourth-order valence-corrected chi connectivity index (χ4v) is 2.92. The van der Waals surface area contributed by atoms with Crippen molar-refractivity contribution in [3.05, 3.63) is 23.9 Å². The number of piperazine rings is 1. The molecule has 1 aliphatic rings. The number of guanidine groups is 1. The molecule has 2 heterocycles. The van der Waals surface area contributed by atoms with E-state index in [-0.39, 0.29) is 0 Å². The highest BCUT2D eigenvalue weighted by atomic mass is 15.3. The van der Waals surface area contributed by atoms with Gasteiger partial charge in [-0.2, -0.15) is 0 Å². The zero-order valence-electron chi connectivity index (χ0n) is 16.3. The summed E-state index contributed by atoms with van der Waals surface area (Å²) in [6.45, 7) is 13.9. The molecule has 0 aromatic carbocycles. The summed E-state index contributed by atoms with van der Waals surface area (Å²) in [5.74, 6) is 2.63. The molecule has 0 radical (unpaired) electrons. The number of aliphatic imine (C=N–C) groups is 1. The number of likely N-dealkylation sites (N-methyl/N-ethyl adjacent to an activating group) is 1. The van der Waals surface area contributed by atoms with Crippen LogP contribution in [0.3, 0.4) is 0 Å². The van der Waals surface area contributed by atoms with E-state index in [0.29, 0.717) is 5.92 Å². The number of aromatic nitrogens is 1. The summed E-state index contributed by atoms with van der Waals surface area (Å²) in [5, 5.41) is 6.76. The topological polar surface area (TPSA) is 55.8 Å². The van der Waals surface area contributed by atoms with E-state index in [1.54, 1.807) is 0 Å². The molecule has 2 rings (SSSR count). The van der Waals surface area contributed by atoms with Crippen molar-refractivity contribution >= 4 is 11.8 Å². The van der Waals surface area contributed by atoms with Crippen LogP contribution in [0.4, 0.5) is 5.82 Å². The number of nitrogens with zero attached hydrogens (tertiary/aromatic N) is 4. The third-order valence-corrected chi connectivity index (χ3v) is 4.65. The maximum absolute atomic E-state index is 4.56. The van der Waals surface area contributed by atoms with Gasteiger partial charge >= 0.3 is 0 Å². The fraction of sp³-hybridized carbons (Fsp3) is 0.684. The highest BCUT2D eigenvalue weighted by molar-refractivity contribution is 5.79. The first-order chi connectivity index (χ1) is 12.1. The van der Waals surface area contributed by atoms with Crippen LogP contribution >= 0.6 is 0 Å². The maximum atomic E-state index is 4.56. The summed E-state index contributed by atoms with van der Waals surface area (Å²) in [7, 11) is 1.82. The smallest absolute Gasteiger partial charge is 0.191 e. The van der Waals surface area contributed by atoms with Crippen molar-refractivity contribution in [2.24, 2.45) is 10.9 Å². The first kappa shape index (κ1) is 19.5. The molecule has 1 saturated heterocycles. The predicted octanol–water partition coefficient (Wildman–Crippen LogP) is 1.93. The lowest BCUT2D eigenvalue weighted by Gasteiger charge is -2.34. The molecule has 0 atom stereocenters. The summed E-state index contributed by atoms with van der Waals surface area (Å²) in [6.07, 6.45) is 3.05. The van der Waals surface area contributed by atoms with Crippen molar-refractivity contribution < 1.29 is 0 Å². The van der Waals surface area contributed by atoms with Crippen LogP contribution in [0.25, 0.3) is 0 Å². The van der Waals surface area contributed by atoms with Crippen molar-refractivity contribution in [1.29, 1.82) is 0 Å². The molecular weight excluding hydrogens is 312 g/mol. The van der Waals surface area contributed by atoms with Gasteiger partial charge in [-0.05, 0) is 36.6 Å². The minimum atomic E-state index is 0.696. The van der Waals surface area contributed by atoms with Crippen molar-refractivity contribution in [3.8, 4) is 0 Å². The Morgan fingerprint density at radius 2 is 2.00 bits per heavy atom. The molecule has 1 aromatic heterocycles. The van der Waals surface area contributed by atoms with Crippen LogP contribution in [0.5, 0.6) is 0 Å². The Kier molecular flexibility index (Phi) is 7.98. The minimum Gasteiger partial charge on any atom is -0.356 e. The molecule has 25 heavy (non-hydrogen) atoms. The highest BCUT2D eigenvalue weighted by Gasteiger charge is 2.16. The van der Waals surface area contributed by atoms with E-state index < -0.39 is 0 Å². The van der Waals surface area contributed by atoms with E-state index in [1.165, 1.54) is 5.56 Å². The second kappa shape index (κ2) is 10.2. The lowest BCUT2D eigenvalue weighted by Crippen LogP contribution is -2.46. The monoisotopic (exact) mass is 346 g/mol. The lowest BCUT2D eigenvalue weighted by atomic mass is 10.1. The van der Waals surface area contributed by atoms with E-state index in [9.17, 15) is 0 Å². The summed E-state index contributed by atoms with van der Waals surface area (Å²) < 4.78 is 0. The lowest BCUT2D eigenvalue weighted by molar-refractivity contribution is 0.270. The summed E-state index contributed by atoms with van der Waals surface area (Å²) >= 11 is 0. The Morgan fingerprint density at radius 3 is 2.64 bits per heavy atom. The molecule has 0 unspecified atom stereocenters. The Balaban J connectivity index is 1.84. The number of rotatable bonds is 7. The fourth-order valence-electron chi connectivity index (χ4n) is 2.92. The Hall–Kier alpha value is -1.82. The zero-order chi connectivity index (χ0) is 18.1. The molecule has 0 saturated carbocycles. The largest absolute Gasteiger partial charge is 0.356 e. The van der Waals surface area contributed by atoms with Crippen molar-refractivity contribution in [2.45, 2.75) is 33.7 Å². The van der Waals surface area contributed by atoms with Crippen molar-refractivity contribution in [2.75, 3.05) is 51.2 Å². The molecule has 6 heteroatoms. The van der Waals surface area contributed by atoms with Crippen LogP contribution in [-0.2, 0) is 6.54 Å². The molecule has 0 spiro atoms. The van der Waals surface area contributed by atoms with Crippen LogP contribution in [0.2, 0.25) is 0 Å². The standard InChI is InChI=1S/C19H34N6/c1-5-24-10-12-25(13-11-24)18-14-17(7-9-21-18)15-23-19(20-4)22-8-6-16(2)3/h7,9,14,16H,5-6,8,10-13,15H2,1-4H3,(H2,20,22,23). The Morgan fingerprint density at radius 1 is 1.24 bits per heavy atom. The quantitative estimate of drug-likeness (QED) is 0.584. The van der Waals surface area contributed by atoms with Crippen LogP contribution in [0, 0.1) is 5.92 Å². The Labute approximate surface area is 152 Å². The van der Waals surface area contributed by atoms with Gasteiger partial charge in [0, 0.05) is 52.5 Å². The first-order valence-corrected chi connectivity index (χ1v) is 9.49. The van der Waals surface area contributed by atoms with Gasteiger partial charge in [0.1, 0.15) is 5.82 Å². The minimum absolute atomic E-state index is 0.696. The third kappa shape index (κ3) is 6.53. The van der Waals surface area contributed by atoms with E-state index in [2.05, 4.69) is 63.3 Å². The van der Waals surface area contributed by atoms with Gasteiger partial charge in [0.15, 0.2) is 5.96 Å². The van der Waals surface area contributed by atoms with Crippen LogP contribution in [-0.4, -0.2) is 62.2 Å². The molecule has 1 aromatic rings. The SMILES string of the molecule is CCN1CCN(c2cc(CNC(=NC)NCCC(C)C)ccn2)CC1. The van der Waals surface area contributed by atoms with Gasteiger partial charge in [-0.25, -0.2) is 4.98 Å². The third-order valence-electron chi connectivity index (χ3n) is 4.65. The van der Waals surface area contributed by atoms with Gasteiger partial charge in [-0.15, -0.1) is 0 Å². The number of hydrogen-bond donors (Lipinski definition) is 2. The summed E-state index contributed by atoms with van der Waals surface area (Å²) in [4.78, 5) is 13.7. The molecule has 140 valence electrons. The van der Waals surface area contributed by atoms with Gasteiger partial charge < -0.3 is 20.4 Å². The summed E-state index contributed by atoms with van der Waals surface area (Å²) in [6, 6.07) is 4.26. The van der Waals surface area contributed by atoms with Crippen LogP contribution < -0.4 is 15.5 Å². The molecule has 1 aliphatic heterocycles. The molecular formula is C19H34N6.